The minimum atomic E-state index is -0.292. The number of benzene rings is 2. The van der Waals surface area contributed by atoms with E-state index >= 15 is 0 Å². The highest BCUT2D eigenvalue weighted by molar-refractivity contribution is 6.07. The number of carbonyl (C=O) groups is 2. The van der Waals surface area contributed by atoms with Gasteiger partial charge in [-0.25, -0.2) is 0 Å². The fourth-order valence-corrected chi connectivity index (χ4v) is 3.41. The maximum Gasteiger partial charge on any atom is 0.260 e. The van der Waals surface area contributed by atoms with Crippen molar-refractivity contribution in [1.29, 1.82) is 0 Å². The molecular weight excluding hydrogens is 388 g/mol. The average molecular weight is 414 g/mol. The second-order valence-corrected chi connectivity index (χ2v) is 6.75. The van der Waals surface area contributed by atoms with Gasteiger partial charge in [-0.1, -0.05) is 0 Å². The topological polar surface area (TPSA) is 77.5 Å². The normalized spacial score (nSPS) is 13.2. The predicted molar refractivity (Wildman–Crippen MR) is 112 cm³/mol. The molecule has 2 aromatic rings. The van der Waals surface area contributed by atoms with Gasteiger partial charge in [-0.15, -0.1) is 0 Å². The van der Waals surface area contributed by atoms with Crippen molar-refractivity contribution in [2.75, 3.05) is 46.6 Å². The monoisotopic (exact) mass is 414 g/mol. The zero-order valence-electron chi connectivity index (χ0n) is 17.6. The number of rotatable bonds is 8. The smallest absolute Gasteiger partial charge is 0.260 e. The van der Waals surface area contributed by atoms with Crippen LogP contribution in [0.25, 0.3) is 0 Å². The van der Waals surface area contributed by atoms with E-state index in [1.807, 2.05) is 0 Å². The number of ether oxygens (including phenoxy) is 4. The molecule has 160 valence electrons. The highest BCUT2D eigenvalue weighted by Gasteiger charge is 2.28. The fourth-order valence-electron chi connectivity index (χ4n) is 3.41. The molecule has 0 radical (unpaired) electrons. The summed E-state index contributed by atoms with van der Waals surface area (Å²) in [7, 11) is 6.08. The van der Waals surface area contributed by atoms with Gasteiger partial charge in [0.25, 0.3) is 5.91 Å². The Bertz CT molecular complexity index is 887. The first-order valence-corrected chi connectivity index (χ1v) is 9.56. The van der Waals surface area contributed by atoms with E-state index in [0.29, 0.717) is 47.2 Å². The lowest BCUT2D eigenvalue weighted by Gasteiger charge is -2.28. The molecule has 0 bridgehead atoms. The number of hydrogen-bond donors (Lipinski definition) is 0. The Hall–Kier alpha value is -3.42. The highest BCUT2D eigenvalue weighted by Crippen LogP contribution is 2.39. The number of hydrogen-bond acceptors (Lipinski definition) is 6. The minimum Gasteiger partial charge on any atom is -0.497 e. The van der Waals surface area contributed by atoms with Crippen molar-refractivity contribution in [2.24, 2.45) is 0 Å². The number of likely N-dealkylation sites (tertiary alicyclic amines) is 1. The molecule has 0 N–H and O–H groups in total. The van der Waals surface area contributed by atoms with Crippen molar-refractivity contribution < 1.29 is 28.5 Å². The summed E-state index contributed by atoms with van der Waals surface area (Å²) in [5.41, 5.74) is 1.00. The van der Waals surface area contributed by atoms with E-state index < -0.39 is 0 Å². The van der Waals surface area contributed by atoms with Crippen LogP contribution in [0.15, 0.2) is 36.4 Å². The summed E-state index contributed by atoms with van der Waals surface area (Å²) < 4.78 is 21.3. The predicted octanol–water partition coefficient (Wildman–Crippen LogP) is 2.95. The van der Waals surface area contributed by atoms with Gasteiger partial charge >= 0.3 is 0 Å². The molecule has 2 aromatic carbocycles. The second kappa shape index (κ2) is 9.39. The maximum absolute atomic E-state index is 13.5. The van der Waals surface area contributed by atoms with Gasteiger partial charge in [0.2, 0.25) is 11.7 Å². The Balaban J connectivity index is 2.01. The van der Waals surface area contributed by atoms with Gasteiger partial charge in [0.05, 0.1) is 28.4 Å². The van der Waals surface area contributed by atoms with Gasteiger partial charge in [0, 0.05) is 24.2 Å². The molecular formula is C22H26N2O6. The summed E-state index contributed by atoms with van der Waals surface area (Å²) in [6, 6.07) is 10.3. The largest absolute Gasteiger partial charge is 0.497 e. The van der Waals surface area contributed by atoms with Gasteiger partial charge in [0.1, 0.15) is 12.4 Å². The Morgan fingerprint density at radius 2 is 1.60 bits per heavy atom. The molecule has 8 nitrogen and oxygen atoms in total. The quantitative estimate of drug-likeness (QED) is 0.661. The Labute approximate surface area is 175 Å². The van der Waals surface area contributed by atoms with Gasteiger partial charge in [-0.2, -0.15) is 0 Å². The van der Waals surface area contributed by atoms with Crippen LogP contribution in [0.3, 0.4) is 0 Å². The van der Waals surface area contributed by atoms with Crippen LogP contribution >= 0.6 is 0 Å². The van der Waals surface area contributed by atoms with Gasteiger partial charge in [-0.3, -0.25) is 14.5 Å². The molecule has 0 spiro atoms. The fraction of sp³-hybridized carbons (Fsp3) is 0.364. The summed E-state index contributed by atoms with van der Waals surface area (Å²) >= 11 is 0. The number of methoxy groups -OCH3 is 4. The lowest BCUT2D eigenvalue weighted by molar-refractivity contribution is -0.127. The lowest BCUT2D eigenvalue weighted by atomic mass is 10.1. The molecule has 2 amide bonds. The van der Waals surface area contributed by atoms with E-state index in [1.54, 1.807) is 53.3 Å². The molecule has 0 saturated carbocycles. The minimum absolute atomic E-state index is 0.0335. The molecule has 1 aliphatic rings. The van der Waals surface area contributed by atoms with E-state index in [4.69, 9.17) is 18.9 Å². The molecule has 1 heterocycles. The molecule has 1 fully saturated rings. The SMILES string of the molecule is COc1ccc(N(CN2CCCC2=O)C(=O)c2cc(OC)c(OC)c(OC)c2)cc1. The molecule has 1 aliphatic heterocycles. The summed E-state index contributed by atoms with van der Waals surface area (Å²) in [4.78, 5) is 29.0. The number of nitrogens with zero attached hydrogens (tertiary/aromatic N) is 2. The number of carbonyl (C=O) groups excluding carboxylic acids is 2. The van der Waals surface area contributed by atoms with E-state index in [9.17, 15) is 9.59 Å². The van der Waals surface area contributed by atoms with Crippen molar-refractivity contribution in [3.05, 3.63) is 42.0 Å². The number of anilines is 1. The van der Waals surface area contributed by atoms with E-state index in [0.717, 1.165) is 6.42 Å². The Morgan fingerprint density at radius 1 is 0.967 bits per heavy atom. The first-order chi connectivity index (χ1) is 14.5. The standard InChI is InChI=1S/C22H26N2O6/c1-27-17-9-7-16(8-10-17)24(14-23-11-5-6-20(23)25)22(26)15-12-18(28-2)21(30-4)19(13-15)29-3/h7-10,12-13H,5-6,11,14H2,1-4H3. The van der Waals surface area contributed by atoms with Crippen molar-refractivity contribution in [3.63, 3.8) is 0 Å². The molecule has 1 saturated heterocycles. The summed E-state index contributed by atoms with van der Waals surface area (Å²) in [5.74, 6) is 1.59. The Kier molecular flexibility index (Phi) is 6.66. The molecule has 0 aliphatic carbocycles. The van der Waals surface area contributed by atoms with E-state index in [1.165, 1.54) is 21.3 Å². The van der Waals surface area contributed by atoms with Crippen LogP contribution in [0.5, 0.6) is 23.0 Å². The summed E-state index contributed by atoms with van der Waals surface area (Å²) in [6.45, 7) is 0.772. The molecule has 8 heteroatoms. The van der Waals surface area contributed by atoms with Gasteiger partial charge < -0.3 is 23.8 Å². The zero-order chi connectivity index (χ0) is 21.7. The number of amides is 2. The molecule has 0 atom stereocenters. The van der Waals surface area contributed by atoms with Crippen LogP contribution in [0.2, 0.25) is 0 Å². The van der Waals surface area contributed by atoms with Crippen molar-refractivity contribution in [3.8, 4) is 23.0 Å². The first-order valence-electron chi connectivity index (χ1n) is 9.56. The van der Waals surface area contributed by atoms with Gasteiger partial charge in [-0.05, 0) is 42.8 Å². The maximum atomic E-state index is 13.5. The average Bonchev–Trinajstić information content (AvgIpc) is 3.20. The van der Waals surface area contributed by atoms with Crippen LogP contribution in [0, 0.1) is 0 Å². The highest BCUT2D eigenvalue weighted by atomic mass is 16.5. The second-order valence-electron chi connectivity index (χ2n) is 6.75. The lowest BCUT2D eigenvalue weighted by Crippen LogP contribution is -2.42. The molecule has 30 heavy (non-hydrogen) atoms. The van der Waals surface area contributed by atoms with Crippen molar-refractivity contribution in [1.82, 2.24) is 4.90 Å². The molecule has 0 unspecified atom stereocenters. The summed E-state index contributed by atoms with van der Waals surface area (Å²) in [5, 5.41) is 0. The van der Waals surface area contributed by atoms with Crippen molar-refractivity contribution in [2.45, 2.75) is 12.8 Å². The van der Waals surface area contributed by atoms with Crippen LogP contribution < -0.4 is 23.8 Å². The van der Waals surface area contributed by atoms with Gasteiger partial charge in [0.15, 0.2) is 11.5 Å². The zero-order valence-corrected chi connectivity index (χ0v) is 17.6. The third kappa shape index (κ3) is 4.27. The van der Waals surface area contributed by atoms with Crippen LogP contribution in [0.1, 0.15) is 23.2 Å². The first kappa shape index (κ1) is 21.3. The van der Waals surface area contributed by atoms with Crippen LogP contribution in [-0.2, 0) is 4.79 Å². The molecule has 3 rings (SSSR count). The third-order valence-electron chi connectivity index (χ3n) is 5.02. The van der Waals surface area contributed by atoms with E-state index in [-0.39, 0.29) is 18.5 Å². The Morgan fingerprint density at radius 3 is 2.07 bits per heavy atom. The van der Waals surface area contributed by atoms with Crippen LogP contribution in [0.4, 0.5) is 5.69 Å². The van der Waals surface area contributed by atoms with E-state index in [2.05, 4.69) is 0 Å². The van der Waals surface area contributed by atoms with Crippen molar-refractivity contribution >= 4 is 17.5 Å². The summed E-state index contributed by atoms with van der Waals surface area (Å²) in [6.07, 6.45) is 1.28. The van der Waals surface area contributed by atoms with Crippen LogP contribution in [-0.4, -0.2) is 58.4 Å². The molecule has 0 aromatic heterocycles. The third-order valence-corrected chi connectivity index (χ3v) is 5.02.